The average Bonchev–Trinajstić information content (AvgIpc) is 3.14. The van der Waals surface area contributed by atoms with Gasteiger partial charge in [-0.2, -0.15) is 0 Å². The Bertz CT molecular complexity index is 1810. The SMILES string of the molecule is CC(C)(C)P(c1cc(-c2ccccc2)cc(-c2ccccc2)c1)C(C)(C)C.CC(C)(C)P(c1cc(-c2ccccc2)cc(-c2ccccc2)c1)C(C)(C)C.[Cl][Pd][Cl]. The Morgan fingerprint density at radius 1 is 0.298 bits per heavy atom. The first-order valence-electron chi connectivity index (χ1n) is 19.7. The van der Waals surface area contributed by atoms with E-state index < -0.39 is 0 Å². The summed E-state index contributed by atoms with van der Waals surface area (Å²) in [6.07, 6.45) is 0. The van der Waals surface area contributed by atoms with Crippen molar-refractivity contribution >= 4 is 45.5 Å². The molecule has 0 nitrogen and oxygen atoms in total. The molecule has 57 heavy (non-hydrogen) atoms. The van der Waals surface area contributed by atoms with Crippen molar-refractivity contribution in [3.63, 3.8) is 0 Å². The van der Waals surface area contributed by atoms with E-state index in [1.807, 2.05) is 0 Å². The van der Waals surface area contributed by atoms with Crippen molar-refractivity contribution in [1.82, 2.24) is 0 Å². The van der Waals surface area contributed by atoms with E-state index in [9.17, 15) is 0 Å². The van der Waals surface area contributed by atoms with Crippen LogP contribution < -0.4 is 10.6 Å². The quantitative estimate of drug-likeness (QED) is 0.115. The van der Waals surface area contributed by atoms with E-state index in [0.29, 0.717) is 0 Å². The fourth-order valence-corrected chi connectivity index (χ4v) is 16.4. The third-order valence-electron chi connectivity index (χ3n) is 9.46. The van der Waals surface area contributed by atoms with Crippen LogP contribution in [0.3, 0.4) is 0 Å². The predicted molar refractivity (Wildman–Crippen MR) is 258 cm³/mol. The fourth-order valence-electron chi connectivity index (χ4n) is 8.23. The summed E-state index contributed by atoms with van der Waals surface area (Å²) in [5, 5.41) is 3.97. The summed E-state index contributed by atoms with van der Waals surface area (Å²) in [5.41, 5.74) is 10.4. The summed E-state index contributed by atoms with van der Waals surface area (Å²) in [6.45, 7) is 28.7. The second-order valence-corrected chi connectivity index (χ2v) is 28.5. The first-order valence-corrected chi connectivity index (χ1v) is 26.4. The Morgan fingerprint density at radius 2 is 0.474 bits per heavy atom. The Balaban J connectivity index is 0.000000236. The zero-order valence-electron chi connectivity index (χ0n) is 36.0. The van der Waals surface area contributed by atoms with Gasteiger partial charge in [0, 0.05) is 0 Å². The van der Waals surface area contributed by atoms with Crippen molar-refractivity contribution in [2.45, 2.75) is 104 Å². The molecule has 0 atom stereocenters. The van der Waals surface area contributed by atoms with E-state index in [4.69, 9.17) is 19.1 Å². The summed E-state index contributed by atoms with van der Waals surface area (Å²) in [5.74, 6) is 0. The number of benzene rings is 6. The molecule has 0 amide bonds. The molecule has 0 aliphatic heterocycles. The first-order chi connectivity index (χ1) is 26.7. The topological polar surface area (TPSA) is 0 Å². The predicted octanol–water partition coefficient (Wildman–Crippen LogP) is 16.8. The molecule has 0 N–H and O–H groups in total. The summed E-state index contributed by atoms with van der Waals surface area (Å²) in [7, 11) is 8.93. The maximum absolute atomic E-state index is 4.81. The van der Waals surface area contributed by atoms with E-state index in [1.165, 1.54) is 55.1 Å². The second kappa shape index (κ2) is 20.6. The van der Waals surface area contributed by atoms with Crippen molar-refractivity contribution in [3.05, 3.63) is 158 Å². The van der Waals surface area contributed by atoms with Crippen molar-refractivity contribution < 1.29 is 15.9 Å². The third-order valence-corrected chi connectivity index (χ3v) is 16.4. The van der Waals surface area contributed by atoms with Crippen LogP contribution in [0.5, 0.6) is 0 Å². The van der Waals surface area contributed by atoms with Gasteiger partial charge in [0.25, 0.3) is 0 Å². The van der Waals surface area contributed by atoms with E-state index >= 15 is 0 Å². The molecule has 6 rings (SSSR count). The van der Waals surface area contributed by atoms with E-state index in [2.05, 4.69) is 241 Å². The van der Waals surface area contributed by atoms with Gasteiger partial charge in [-0.3, -0.25) is 0 Å². The van der Waals surface area contributed by atoms with Crippen LogP contribution in [0, 0.1) is 0 Å². The molecule has 0 spiro atoms. The normalized spacial score (nSPS) is 12.1. The van der Waals surface area contributed by atoms with Gasteiger partial charge in [-0.15, -0.1) is 0 Å². The molecule has 0 saturated carbocycles. The Hall–Kier alpha value is -2.58. The third kappa shape index (κ3) is 13.7. The van der Waals surface area contributed by atoms with Crippen LogP contribution in [-0.4, -0.2) is 20.6 Å². The Labute approximate surface area is 364 Å². The molecule has 0 saturated heterocycles. The minimum absolute atomic E-state index is 0.106. The standard InChI is InChI=1S/2C26H31P.2ClH.Pd/c2*1-25(2,3)27(26(4,5)6)24-18-22(20-13-9-7-10-14-20)17-23(19-24)21-15-11-8-12-16-21;;;/h2*7-19H,1-6H3;2*1H;/q;;;;+2/p-2. The molecule has 0 aromatic heterocycles. The van der Waals surface area contributed by atoms with Crippen LogP contribution in [0.15, 0.2) is 158 Å². The molecule has 0 heterocycles. The Morgan fingerprint density at radius 3 is 0.632 bits per heavy atom. The molecule has 0 aliphatic carbocycles. The maximum atomic E-state index is 4.81. The van der Waals surface area contributed by atoms with Gasteiger partial charge in [0.1, 0.15) is 0 Å². The van der Waals surface area contributed by atoms with Gasteiger partial charge in [-0.25, -0.2) is 0 Å². The second-order valence-electron chi connectivity index (χ2n) is 18.4. The molecule has 304 valence electrons. The average molecular weight is 926 g/mol. The fraction of sp³-hybridized carbons (Fsp3) is 0.308. The molecule has 0 aliphatic rings. The molecule has 0 fully saturated rings. The first kappa shape index (κ1) is 47.1. The molecular formula is C52H62Cl2P2Pd. The molecule has 0 unspecified atom stereocenters. The molecule has 6 aromatic carbocycles. The van der Waals surface area contributed by atoms with E-state index in [-0.39, 0.29) is 52.4 Å². The zero-order chi connectivity index (χ0) is 42.0. The van der Waals surface area contributed by atoms with Crippen LogP contribution in [0.25, 0.3) is 44.5 Å². The summed E-state index contributed by atoms with van der Waals surface area (Å²) < 4.78 is 0. The van der Waals surface area contributed by atoms with Crippen LogP contribution in [0.1, 0.15) is 83.1 Å². The van der Waals surface area contributed by atoms with E-state index in [0.717, 1.165) is 0 Å². The minimum atomic E-state index is -0.351. The zero-order valence-corrected chi connectivity index (χ0v) is 40.8. The van der Waals surface area contributed by atoms with Gasteiger partial charge in [-0.05, 0) is 112 Å². The number of rotatable bonds is 6. The number of hydrogen-bond donors (Lipinski definition) is 0. The number of halogens is 2. The van der Waals surface area contributed by atoms with Gasteiger partial charge in [-0.1, -0.05) is 220 Å². The Kier molecular flexibility index (Phi) is 17.0. The van der Waals surface area contributed by atoms with Gasteiger partial charge >= 0.3 is 35.0 Å². The number of hydrogen-bond acceptors (Lipinski definition) is 0. The van der Waals surface area contributed by atoms with E-state index in [1.54, 1.807) is 0 Å². The molecule has 0 bridgehead atoms. The molecular weight excluding hydrogens is 864 g/mol. The van der Waals surface area contributed by atoms with Gasteiger partial charge < -0.3 is 0 Å². The monoisotopic (exact) mass is 924 g/mol. The van der Waals surface area contributed by atoms with Crippen molar-refractivity contribution in [3.8, 4) is 44.5 Å². The molecule has 0 radical (unpaired) electrons. The molecule has 5 heteroatoms. The van der Waals surface area contributed by atoms with Gasteiger partial charge in [0.2, 0.25) is 0 Å². The van der Waals surface area contributed by atoms with Gasteiger partial charge in [0.15, 0.2) is 0 Å². The summed E-state index contributed by atoms with van der Waals surface area (Å²) in [4.78, 5) is 0. The van der Waals surface area contributed by atoms with Crippen LogP contribution >= 0.6 is 34.9 Å². The summed E-state index contributed by atoms with van der Waals surface area (Å²) in [6, 6.07) is 57.5. The van der Waals surface area contributed by atoms with Crippen LogP contribution in [-0.2, 0) is 15.9 Å². The summed E-state index contributed by atoms with van der Waals surface area (Å²) >= 11 is -0.106. The molecule has 6 aromatic rings. The van der Waals surface area contributed by atoms with Crippen molar-refractivity contribution in [2.24, 2.45) is 0 Å². The van der Waals surface area contributed by atoms with Crippen LogP contribution in [0.2, 0.25) is 0 Å². The van der Waals surface area contributed by atoms with Gasteiger partial charge in [0.05, 0.1) is 0 Å². The van der Waals surface area contributed by atoms with Crippen LogP contribution in [0.4, 0.5) is 0 Å². The van der Waals surface area contributed by atoms with Crippen molar-refractivity contribution in [2.75, 3.05) is 0 Å². The van der Waals surface area contributed by atoms with Crippen molar-refractivity contribution in [1.29, 1.82) is 0 Å².